The molecule has 0 spiro atoms. The van der Waals surface area contributed by atoms with Crippen LogP contribution in [-0.4, -0.2) is 36.6 Å². The van der Waals surface area contributed by atoms with Crippen molar-refractivity contribution in [2.75, 3.05) is 19.6 Å². The molecule has 0 aromatic heterocycles. The monoisotopic (exact) mass is 210 g/mol. The van der Waals surface area contributed by atoms with E-state index in [0.717, 1.165) is 19.0 Å². The lowest BCUT2D eigenvalue weighted by atomic mass is 9.97. The van der Waals surface area contributed by atoms with E-state index in [0.29, 0.717) is 12.1 Å². The van der Waals surface area contributed by atoms with E-state index in [9.17, 15) is 0 Å². The van der Waals surface area contributed by atoms with Gasteiger partial charge in [-0.1, -0.05) is 32.9 Å². The molecule has 88 valence electrons. The van der Waals surface area contributed by atoms with Gasteiger partial charge in [-0.15, -0.1) is 0 Å². The van der Waals surface area contributed by atoms with Gasteiger partial charge in [-0.3, -0.25) is 4.90 Å². The van der Waals surface area contributed by atoms with Crippen LogP contribution in [0.25, 0.3) is 0 Å². The summed E-state index contributed by atoms with van der Waals surface area (Å²) in [6.45, 7) is 12.5. The van der Waals surface area contributed by atoms with Gasteiger partial charge < -0.3 is 5.32 Å². The van der Waals surface area contributed by atoms with Gasteiger partial charge in [0, 0.05) is 31.7 Å². The molecule has 1 rings (SSSR count). The topological polar surface area (TPSA) is 15.3 Å². The van der Waals surface area contributed by atoms with Crippen molar-refractivity contribution in [3.63, 3.8) is 0 Å². The molecule has 1 fully saturated rings. The highest BCUT2D eigenvalue weighted by Crippen LogP contribution is 2.15. The molecule has 1 aliphatic heterocycles. The van der Waals surface area contributed by atoms with Crippen LogP contribution in [0.15, 0.2) is 12.2 Å². The minimum absolute atomic E-state index is 0.685. The molecule has 1 aliphatic rings. The van der Waals surface area contributed by atoms with Crippen LogP contribution >= 0.6 is 0 Å². The Kier molecular flexibility index (Phi) is 5.34. The van der Waals surface area contributed by atoms with Crippen molar-refractivity contribution < 1.29 is 0 Å². The molecule has 1 N–H and O–H groups in total. The first kappa shape index (κ1) is 12.7. The Labute approximate surface area is 94.7 Å². The fraction of sp³-hybridized carbons (Fsp3) is 0.846. The third-order valence-corrected chi connectivity index (χ3v) is 3.38. The van der Waals surface area contributed by atoms with E-state index >= 15 is 0 Å². The number of hydrogen-bond donors (Lipinski definition) is 1. The molecule has 2 atom stereocenters. The van der Waals surface area contributed by atoms with Crippen LogP contribution in [-0.2, 0) is 0 Å². The first-order chi connectivity index (χ1) is 7.19. The van der Waals surface area contributed by atoms with Crippen molar-refractivity contribution in [3.8, 4) is 0 Å². The number of hydrogen-bond acceptors (Lipinski definition) is 2. The standard InChI is InChI=1S/C13H26N2/c1-5-7-8-15-10-12(6-2)14-9-13(15)11(3)4/h5,7,11-14H,6,8-10H2,1-4H3/b7-5+. The molecule has 0 bridgehead atoms. The zero-order valence-electron chi connectivity index (χ0n) is 10.7. The van der Waals surface area contributed by atoms with Gasteiger partial charge in [0.2, 0.25) is 0 Å². The van der Waals surface area contributed by atoms with Crippen LogP contribution in [0.1, 0.15) is 34.1 Å². The van der Waals surface area contributed by atoms with Gasteiger partial charge in [0.15, 0.2) is 0 Å². The summed E-state index contributed by atoms with van der Waals surface area (Å²) in [5.41, 5.74) is 0. The number of rotatable bonds is 4. The van der Waals surface area contributed by atoms with Crippen molar-refractivity contribution in [1.82, 2.24) is 10.2 Å². The third-order valence-electron chi connectivity index (χ3n) is 3.38. The predicted molar refractivity (Wildman–Crippen MR) is 67.1 cm³/mol. The van der Waals surface area contributed by atoms with Gasteiger partial charge in [0.05, 0.1) is 0 Å². The van der Waals surface area contributed by atoms with Crippen molar-refractivity contribution in [2.24, 2.45) is 5.92 Å². The summed E-state index contributed by atoms with van der Waals surface area (Å²) in [5.74, 6) is 0.737. The normalized spacial score (nSPS) is 29.1. The van der Waals surface area contributed by atoms with Crippen LogP contribution in [0.3, 0.4) is 0 Å². The highest BCUT2D eigenvalue weighted by atomic mass is 15.2. The minimum atomic E-state index is 0.685. The molecule has 15 heavy (non-hydrogen) atoms. The molecule has 2 heteroatoms. The number of allylic oxidation sites excluding steroid dienone is 1. The highest BCUT2D eigenvalue weighted by molar-refractivity contribution is 4.91. The number of piperazine rings is 1. The van der Waals surface area contributed by atoms with Gasteiger partial charge in [0.1, 0.15) is 0 Å². The Morgan fingerprint density at radius 2 is 2.20 bits per heavy atom. The molecule has 0 aromatic carbocycles. The van der Waals surface area contributed by atoms with Crippen LogP contribution in [0, 0.1) is 5.92 Å². The van der Waals surface area contributed by atoms with Crippen molar-refractivity contribution >= 4 is 0 Å². The molecule has 0 aliphatic carbocycles. The van der Waals surface area contributed by atoms with E-state index in [-0.39, 0.29) is 0 Å². The highest BCUT2D eigenvalue weighted by Gasteiger charge is 2.27. The summed E-state index contributed by atoms with van der Waals surface area (Å²) in [4.78, 5) is 2.62. The molecule has 0 radical (unpaired) electrons. The lowest BCUT2D eigenvalue weighted by Crippen LogP contribution is -2.57. The van der Waals surface area contributed by atoms with Crippen LogP contribution in [0.2, 0.25) is 0 Å². The molecular weight excluding hydrogens is 184 g/mol. The van der Waals surface area contributed by atoms with E-state index in [1.54, 1.807) is 0 Å². The fourth-order valence-corrected chi connectivity index (χ4v) is 2.28. The van der Waals surface area contributed by atoms with E-state index in [4.69, 9.17) is 0 Å². The van der Waals surface area contributed by atoms with Gasteiger partial charge >= 0.3 is 0 Å². The zero-order chi connectivity index (χ0) is 11.3. The Hall–Kier alpha value is -0.340. The average Bonchev–Trinajstić information content (AvgIpc) is 2.25. The molecule has 1 heterocycles. The maximum Gasteiger partial charge on any atom is 0.0247 e. The van der Waals surface area contributed by atoms with Crippen LogP contribution in [0.5, 0.6) is 0 Å². The summed E-state index contributed by atoms with van der Waals surface area (Å²) in [6.07, 6.45) is 5.66. The van der Waals surface area contributed by atoms with Gasteiger partial charge in [-0.05, 0) is 19.3 Å². The second kappa shape index (κ2) is 6.29. The summed E-state index contributed by atoms with van der Waals surface area (Å²) >= 11 is 0. The van der Waals surface area contributed by atoms with Crippen molar-refractivity contribution in [1.29, 1.82) is 0 Å². The zero-order valence-corrected chi connectivity index (χ0v) is 10.7. The summed E-state index contributed by atoms with van der Waals surface area (Å²) < 4.78 is 0. The molecular formula is C13H26N2. The van der Waals surface area contributed by atoms with E-state index in [2.05, 4.69) is 50.1 Å². The molecule has 1 saturated heterocycles. The second-order valence-electron chi connectivity index (χ2n) is 4.85. The molecule has 0 aromatic rings. The quantitative estimate of drug-likeness (QED) is 0.716. The smallest absolute Gasteiger partial charge is 0.0247 e. The Morgan fingerprint density at radius 3 is 2.73 bits per heavy atom. The molecule has 2 nitrogen and oxygen atoms in total. The largest absolute Gasteiger partial charge is 0.311 e. The van der Waals surface area contributed by atoms with Crippen LogP contribution < -0.4 is 5.32 Å². The predicted octanol–water partition coefficient (Wildman–Crippen LogP) is 2.27. The summed E-state index contributed by atoms with van der Waals surface area (Å²) in [6, 6.07) is 1.38. The Bertz CT molecular complexity index is 199. The summed E-state index contributed by atoms with van der Waals surface area (Å²) in [7, 11) is 0. The van der Waals surface area contributed by atoms with Gasteiger partial charge in [-0.2, -0.15) is 0 Å². The van der Waals surface area contributed by atoms with Crippen LogP contribution in [0.4, 0.5) is 0 Å². The van der Waals surface area contributed by atoms with Gasteiger partial charge in [-0.25, -0.2) is 0 Å². The lowest BCUT2D eigenvalue weighted by molar-refractivity contribution is 0.110. The average molecular weight is 210 g/mol. The third kappa shape index (κ3) is 3.62. The molecule has 0 saturated carbocycles. The first-order valence-electron chi connectivity index (χ1n) is 6.27. The lowest BCUT2D eigenvalue weighted by Gasteiger charge is -2.41. The van der Waals surface area contributed by atoms with Crippen molar-refractivity contribution in [3.05, 3.63) is 12.2 Å². The van der Waals surface area contributed by atoms with Crippen molar-refractivity contribution in [2.45, 2.75) is 46.2 Å². The Balaban J connectivity index is 2.56. The van der Waals surface area contributed by atoms with E-state index < -0.39 is 0 Å². The maximum absolute atomic E-state index is 3.64. The maximum atomic E-state index is 3.64. The molecule has 0 amide bonds. The summed E-state index contributed by atoms with van der Waals surface area (Å²) in [5, 5.41) is 3.64. The Morgan fingerprint density at radius 1 is 1.47 bits per heavy atom. The van der Waals surface area contributed by atoms with E-state index in [1.165, 1.54) is 13.0 Å². The minimum Gasteiger partial charge on any atom is -0.311 e. The number of nitrogens with zero attached hydrogens (tertiary/aromatic N) is 1. The number of nitrogens with one attached hydrogen (secondary N) is 1. The van der Waals surface area contributed by atoms with Gasteiger partial charge in [0.25, 0.3) is 0 Å². The SMILES string of the molecule is C/C=C/CN1CC(CC)NCC1C(C)C. The second-order valence-corrected chi connectivity index (χ2v) is 4.85. The first-order valence-corrected chi connectivity index (χ1v) is 6.27. The molecule has 2 unspecified atom stereocenters. The fourth-order valence-electron chi connectivity index (χ4n) is 2.28. The van der Waals surface area contributed by atoms with E-state index in [1.807, 2.05) is 0 Å².